The van der Waals surface area contributed by atoms with E-state index in [0.717, 1.165) is 44.3 Å². The predicted octanol–water partition coefficient (Wildman–Crippen LogP) is 13.7. The Kier molecular flexibility index (Phi) is 5.99. The molecule has 0 N–H and O–H groups in total. The molecule has 0 atom stereocenters. The SMILES string of the molecule is c1ccc2cc(-c3c4ccccc4c(-c4ccc(-c5cc6ccccc6c6c5oc5cc7ccccc7cc56)cn4)c4ccccc34)ccc2c1. The van der Waals surface area contributed by atoms with Crippen LogP contribution in [0.4, 0.5) is 0 Å². The van der Waals surface area contributed by atoms with Crippen molar-refractivity contribution in [3.8, 4) is 33.5 Å². The molecule has 0 aliphatic heterocycles. The van der Waals surface area contributed by atoms with E-state index in [2.05, 4.69) is 170 Å². The van der Waals surface area contributed by atoms with Crippen molar-refractivity contribution in [1.82, 2.24) is 4.98 Å². The minimum atomic E-state index is 0.893. The summed E-state index contributed by atoms with van der Waals surface area (Å²) in [5, 5.41) is 14.3. The number of nitrogens with zero attached hydrogens (tertiary/aromatic N) is 1. The highest BCUT2D eigenvalue weighted by Crippen LogP contribution is 2.45. The largest absolute Gasteiger partial charge is 0.455 e. The molecule has 0 amide bonds. The first-order valence-corrected chi connectivity index (χ1v) is 17.4. The van der Waals surface area contributed by atoms with Gasteiger partial charge in [-0.2, -0.15) is 0 Å². The van der Waals surface area contributed by atoms with Crippen LogP contribution in [-0.2, 0) is 0 Å². The second kappa shape index (κ2) is 10.9. The van der Waals surface area contributed by atoms with Crippen LogP contribution in [0.2, 0.25) is 0 Å². The first kappa shape index (κ1) is 28.1. The van der Waals surface area contributed by atoms with E-state index in [4.69, 9.17) is 9.40 Å². The normalized spacial score (nSPS) is 11.9. The molecule has 11 rings (SSSR count). The Bertz CT molecular complexity index is 3130. The van der Waals surface area contributed by atoms with Gasteiger partial charge in [0.15, 0.2) is 0 Å². The summed E-state index contributed by atoms with van der Waals surface area (Å²) in [7, 11) is 0. The Morgan fingerprint density at radius 1 is 0.373 bits per heavy atom. The molecule has 0 radical (unpaired) electrons. The lowest BCUT2D eigenvalue weighted by Gasteiger charge is -2.17. The van der Waals surface area contributed by atoms with E-state index in [-0.39, 0.29) is 0 Å². The highest BCUT2D eigenvalue weighted by atomic mass is 16.3. The molecule has 2 aromatic heterocycles. The zero-order valence-corrected chi connectivity index (χ0v) is 27.6. The molecule has 0 saturated heterocycles. The maximum atomic E-state index is 6.74. The third-order valence-corrected chi connectivity index (χ3v) is 10.6. The van der Waals surface area contributed by atoms with Crippen molar-refractivity contribution in [3.63, 3.8) is 0 Å². The number of aromatic nitrogens is 1. The number of pyridine rings is 1. The smallest absolute Gasteiger partial charge is 0.143 e. The van der Waals surface area contributed by atoms with Crippen molar-refractivity contribution in [3.05, 3.63) is 176 Å². The average Bonchev–Trinajstić information content (AvgIpc) is 3.57. The Labute approximate surface area is 293 Å². The second-order valence-corrected chi connectivity index (χ2v) is 13.5. The molecule has 51 heavy (non-hydrogen) atoms. The van der Waals surface area contributed by atoms with Gasteiger partial charge in [-0.25, -0.2) is 0 Å². The molecule has 11 aromatic rings. The number of benzene rings is 9. The highest BCUT2D eigenvalue weighted by Gasteiger charge is 2.20. The molecule has 2 heterocycles. The number of rotatable bonds is 3. The molecule has 236 valence electrons. The van der Waals surface area contributed by atoms with E-state index >= 15 is 0 Å². The Morgan fingerprint density at radius 3 is 1.59 bits per heavy atom. The summed E-state index contributed by atoms with van der Waals surface area (Å²) >= 11 is 0. The van der Waals surface area contributed by atoms with Gasteiger partial charge in [0, 0.05) is 33.7 Å². The van der Waals surface area contributed by atoms with E-state index in [0.29, 0.717) is 0 Å². The van der Waals surface area contributed by atoms with Gasteiger partial charge in [-0.05, 0) is 95.3 Å². The van der Waals surface area contributed by atoms with Crippen molar-refractivity contribution < 1.29 is 4.42 Å². The van der Waals surface area contributed by atoms with E-state index in [9.17, 15) is 0 Å². The molecule has 0 unspecified atom stereocenters. The fraction of sp³-hybridized carbons (Fsp3) is 0. The molecule has 9 aromatic carbocycles. The van der Waals surface area contributed by atoms with Crippen LogP contribution < -0.4 is 0 Å². The van der Waals surface area contributed by atoms with Crippen LogP contribution in [0.3, 0.4) is 0 Å². The summed E-state index contributed by atoms with van der Waals surface area (Å²) in [6.07, 6.45) is 2.02. The van der Waals surface area contributed by atoms with Crippen molar-refractivity contribution in [1.29, 1.82) is 0 Å². The molecule has 2 heteroatoms. The van der Waals surface area contributed by atoms with Gasteiger partial charge in [-0.15, -0.1) is 0 Å². The zero-order valence-electron chi connectivity index (χ0n) is 27.6. The van der Waals surface area contributed by atoms with Crippen LogP contribution in [0, 0.1) is 0 Å². The minimum Gasteiger partial charge on any atom is -0.455 e. The maximum absolute atomic E-state index is 6.74. The van der Waals surface area contributed by atoms with Crippen molar-refractivity contribution in [2.24, 2.45) is 0 Å². The first-order valence-electron chi connectivity index (χ1n) is 17.4. The van der Waals surface area contributed by atoms with Gasteiger partial charge < -0.3 is 4.42 Å². The number of hydrogen-bond acceptors (Lipinski definition) is 2. The maximum Gasteiger partial charge on any atom is 0.143 e. The number of furan rings is 1. The summed E-state index contributed by atoms with van der Waals surface area (Å²) in [6.45, 7) is 0. The van der Waals surface area contributed by atoms with Crippen LogP contribution in [0.1, 0.15) is 0 Å². The predicted molar refractivity (Wildman–Crippen MR) is 215 cm³/mol. The number of fused-ring (bicyclic) bond motifs is 9. The van der Waals surface area contributed by atoms with Crippen LogP contribution >= 0.6 is 0 Å². The molecule has 0 saturated carbocycles. The van der Waals surface area contributed by atoms with Crippen LogP contribution in [-0.4, -0.2) is 4.98 Å². The van der Waals surface area contributed by atoms with Gasteiger partial charge in [-0.1, -0.05) is 140 Å². The monoisotopic (exact) mass is 647 g/mol. The van der Waals surface area contributed by atoms with Gasteiger partial charge in [0.05, 0.1) is 5.69 Å². The van der Waals surface area contributed by atoms with E-state index in [1.807, 2.05) is 6.20 Å². The third-order valence-electron chi connectivity index (χ3n) is 10.6. The summed E-state index contributed by atoms with van der Waals surface area (Å²) in [5.41, 5.74) is 8.43. The summed E-state index contributed by atoms with van der Waals surface area (Å²) in [4.78, 5) is 5.21. The van der Waals surface area contributed by atoms with E-state index in [1.54, 1.807) is 0 Å². The van der Waals surface area contributed by atoms with Crippen molar-refractivity contribution >= 4 is 75.8 Å². The standard InChI is InChI=1S/C49H29NO/c1-2-12-31-25-35(22-21-30(31)11-1)46-38-17-7-9-19-40(38)47(41-20-10-8-18-39(41)46)44-24-23-36(29-50-44)42-27-34-15-5-6-16-37(34)48-43-26-32-13-3-4-14-33(32)28-45(43)51-49(42)48/h1-29H. The lowest BCUT2D eigenvalue weighted by atomic mass is 9.86. The van der Waals surface area contributed by atoms with E-state index < -0.39 is 0 Å². The van der Waals surface area contributed by atoms with Crippen LogP contribution in [0.5, 0.6) is 0 Å². The van der Waals surface area contributed by atoms with E-state index in [1.165, 1.54) is 65.0 Å². The molecule has 0 aliphatic carbocycles. The zero-order chi connectivity index (χ0) is 33.5. The highest BCUT2D eigenvalue weighted by molar-refractivity contribution is 6.24. The van der Waals surface area contributed by atoms with Crippen molar-refractivity contribution in [2.45, 2.75) is 0 Å². The average molecular weight is 648 g/mol. The minimum absolute atomic E-state index is 0.893. The quantitative estimate of drug-likeness (QED) is 0.178. The topological polar surface area (TPSA) is 26.0 Å². The fourth-order valence-corrected chi connectivity index (χ4v) is 8.29. The molecular weight excluding hydrogens is 619 g/mol. The van der Waals surface area contributed by atoms with Crippen LogP contribution in [0.15, 0.2) is 180 Å². The van der Waals surface area contributed by atoms with Crippen LogP contribution in [0.25, 0.3) is 109 Å². The third kappa shape index (κ3) is 4.27. The van der Waals surface area contributed by atoms with Gasteiger partial charge in [-0.3, -0.25) is 4.98 Å². The Balaban J connectivity index is 1.12. The number of hydrogen-bond donors (Lipinski definition) is 0. The lowest BCUT2D eigenvalue weighted by molar-refractivity contribution is 0.671. The molecule has 0 fully saturated rings. The van der Waals surface area contributed by atoms with Gasteiger partial charge in [0.1, 0.15) is 11.2 Å². The van der Waals surface area contributed by atoms with Gasteiger partial charge >= 0.3 is 0 Å². The Morgan fingerprint density at radius 2 is 0.922 bits per heavy atom. The lowest BCUT2D eigenvalue weighted by Crippen LogP contribution is -1.93. The summed E-state index contributed by atoms with van der Waals surface area (Å²) in [6, 6.07) is 61.1. The first-order chi connectivity index (χ1) is 25.3. The molecule has 0 aliphatic rings. The Hall–Kier alpha value is -6.77. The molecule has 0 spiro atoms. The fourth-order valence-electron chi connectivity index (χ4n) is 8.29. The van der Waals surface area contributed by atoms with Crippen molar-refractivity contribution in [2.75, 3.05) is 0 Å². The summed E-state index contributed by atoms with van der Waals surface area (Å²) < 4.78 is 6.74. The van der Waals surface area contributed by atoms with Gasteiger partial charge in [0.25, 0.3) is 0 Å². The second-order valence-electron chi connectivity index (χ2n) is 13.5. The molecule has 0 bridgehead atoms. The molecular formula is C49H29NO. The van der Waals surface area contributed by atoms with Gasteiger partial charge in [0.2, 0.25) is 0 Å². The molecule has 2 nitrogen and oxygen atoms in total. The summed E-state index contributed by atoms with van der Waals surface area (Å²) in [5.74, 6) is 0.